The Labute approximate surface area is 169 Å². The van der Waals surface area contributed by atoms with E-state index >= 15 is 0 Å². The molecule has 28 heavy (non-hydrogen) atoms. The molecular formula is C21H26N4O2S. The van der Waals surface area contributed by atoms with Crippen molar-refractivity contribution in [2.45, 2.75) is 39.2 Å². The molecule has 1 aliphatic heterocycles. The minimum atomic E-state index is -0.213. The summed E-state index contributed by atoms with van der Waals surface area (Å²) >= 11 is 1.45. The van der Waals surface area contributed by atoms with Crippen LogP contribution in [0.5, 0.6) is 0 Å². The number of carbonyl (C=O) groups is 2. The molecule has 1 aromatic carbocycles. The first-order chi connectivity index (χ1) is 13.6. The zero-order chi connectivity index (χ0) is 19.5. The van der Waals surface area contributed by atoms with Crippen LogP contribution < -0.4 is 10.6 Å². The van der Waals surface area contributed by atoms with Gasteiger partial charge in [0, 0.05) is 35.6 Å². The van der Waals surface area contributed by atoms with Crippen molar-refractivity contribution in [1.82, 2.24) is 9.88 Å². The van der Waals surface area contributed by atoms with E-state index in [9.17, 15) is 9.59 Å². The van der Waals surface area contributed by atoms with E-state index < -0.39 is 0 Å². The number of aromatic nitrogens is 1. The summed E-state index contributed by atoms with van der Waals surface area (Å²) in [5, 5.41) is 8.38. The molecule has 1 aromatic heterocycles. The highest BCUT2D eigenvalue weighted by atomic mass is 32.1. The van der Waals surface area contributed by atoms with Gasteiger partial charge in [-0.25, -0.2) is 4.98 Å². The van der Waals surface area contributed by atoms with Crippen LogP contribution in [0.3, 0.4) is 0 Å². The van der Waals surface area contributed by atoms with E-state index in [0.717, 1.165) is 44.1 Å². The Balaban J connectivity index is 1.34. The maximum Gasteiger partial charge on any atom is 0.257 e. The lowest BCUT2D eigenvalue weighted by Gasteiger charge is -2.30. The summed E-state index contributed by atoms with van der Waals surface area (Å²) in [5.74, 6) is 0.692. The number of amides is 2. The molecule has 148 valence electrons. The SMILES string of the molecule is CC1CCCN(Cc2csc(NC(=O)c3cccc(NC(=O)C4CC4)c3)n2)C1. The fraction of sp³-hybridized carbons (Fsp3) is 0.476. The van der Waals surface area contributed by atoms with E-state index in [0.29, 0.717) is 16.4 Å². The number of carbonyl (C=O) groups excluding carboxylic acids is 2. The normalized spacial score (nSPS) is 20.0. The van der Waals surface area contributed by atoms with Gasteiger partial charge in [0.05, 0.1) is 5.69 Å². The lowest BCUT2D eigenvalue weighted by molar-refractivity contribution is -0.117. The fourth-order valence-electron chi connectivity index (χ4n) is 3.59. The molecule has 1 unspecified atom stereocenters. The second-order valence-electron chi connectivity index (χ2n) is 7.92. The quantitative estimate of drug-likeness (QED) is 0.772. The van der Waals surface area contributed by atoms with Crippen LogP contribution in [-0.2, 0) is 11.3 Å². The van der Waals surface area contributed by atoms with Crippen LogP contribution in [0.1, 0.15) is 48.7 Å². The number of piperidine rings is 1. The Morgan fingerprint density at radius 2 is 2.11 bits per heavy atom. The third-order valence-corrected chi connectivity index (χ3v) is 6.05. The van der Waals surface area contributed by atoms with Crippen LogP contribution in [0.15, 0.2) is 29.6 Å². The van der Waals surface area contributed by atoms with E-state index in [4.69, 9.17) is 0 Å². The lowest BCUT2D eigenvalue weighted by atomic mass is 10.0. The molecule has 2 N–H and O–H groups in total. The number of thiazole rings is 1. The molecule has 2 amide bonds. The van der Waals surface area contributed by atoms with Crippen molar-refractivity contribution in [3.63, 3.8) is 0 Å². The highest BCUT2D eigenvalue weighted by molar-refractivity contribution is 7.14. The number of anilines is 2. The van der Waals surface area contributed by atoms with Crippen molar-refractivity contribution >= 4 is 34.0 Å². The van der Waals surface area contributed by atoms with Gasteiger partial charge in [-0.2, -0.15) is 0 Å². The number of nitrogens with one attached hydrogen (secondary N) is 2. The number of benzene rings is 1. The molecule has 1 atom stereocenters. The summed E-state index contributed by atoms with van der Waals surface area (Å²) < 4.78 is 0. The van der Waals surface area contributed by atoms with Gasteiger partial charge in [-0.15, -0.1) is 11.3 Å². The predicted molar refractivity (Wildman–Crippen MR) is 112 cm³/mol. The van der Waals surface area contributed by atoms with E-state index in [2.05, 4.69) is 27.4 Å². The highest BCUT2D eigenvalue weighted by Gasteiger charge is 2.29. The minimum Gasteiger partial charge on any atom is -0.326 e. The minimum absolute atomic E-state index is 0.0363. The second-order valence-corrected chi connectivity index (χ2v) is 8.78. The topological polar surface area (TPSA) is 74.3 Å². The van der Waals surface area contributed by atoms with Crippen molar-refractivity contribution in [3.8, 4) is 0 Å². The molecule has 2 heterocycles. The summed E-state index contributed by atoms with van der Waals surface area (Å²) in [7, 11) is 0. The van der Waals surface area contributed by atoms with Crippen LogP contribution in [0.25, 0.3) is 0 Å². The van der Waals surface area contributed by atoms with Crippen LogP contribution in [0.2, 0.25) is 0 Å². The molecule has 0 radical (unpaired) electrons. The Morgan fingerprint density at radius 1 is 1.25 bits per heavy atom. The van der Waals surface area contributed by atoms with Gasteiger partial charge < -0.3 is 5.32 Å². The van der Waals surface area contributed by atoms with Gasteiger partial charge in [0.1, 0.15) is 0 Å². The van der Waals surface area contributed by atoms with Gasteiger partial charge in [-0.3, -0.25) is 19.8 Å². The maximum absolute atomic E-state index is 12.6. The first-order valence-electron chi connectivity index (χ1n) is 9.96. The van der Waals surface area contributed by atoms with E-state index in [-0.39, 0.29) is 17.7 Å². The van der Waals surface area contributed by atoms with E-state index in [1.165, 1.54) is 24.2 Å². The van der Waals surface area contributed by atoms with Gasteiger partial charge in [0.25, 0.3) is 5.91 Å². The Bertz CT molecular complexity index is 862. The van der Waals surface area contributed by atoms with Crippen molar-refractivity contribution in [3.05, 3.63) is 40.9 Å². The van der Waals surface area contributed by atoms with Gasteiger partial charge in [0.2, 0.25) is 5.91 Å². The third kappa shape index (κ3) is 4.97. The van der Waals surface area contributed by atoms with Crippen molar-refractivity contribution in [1.29, 1.82) is 0 Å². The van der Waals surface area contributed by atoms with E-state index in [1.54, 1.807) is 24.3 Å². The molecule has 2 fully saturated rings. The zero-order valence-electron chi connectivity index (χ0n) is 16.1. The Morgan fingerprint density at radius 3 is 2.89 bits per heavy atom. The zero-order valence-corrected chi connectivity index (χ0v) is 16.9. The Hall–Kier alpha value is -2.25. The fourth-order valence-corrected chi connectivity index (χ4v) is 4.29. The van der Waals surface area contributed by atoms with Crippen molar-refractivity contribution < 1.29 is 9.59 Å². The number of rotatable bonds is 6. The van der Waals surface area contributed by atoms with Gasteiger partial charge in [-0.05, 0) is 56.3 Å². The van der Waals surface area contributed by atoms with Gasteiger partial charge in [-0.1, -0.05) is 13.0 Å². The predicted octanol–water partition coefficient (Wildman–Crippen LogP) is 3.98. The molecule has 1 saturated heterocycles. The summed E-state index contributed by atoms with van der Waals surface area (Å²) in [5.41, 5.74) is 2.17. The molecule has 1 aliphatic carbocycles. The largest absolute Gasteiger partial charge is 0.326 e. The average molecular weight is 399 g/mol. The molecular weight excluding hydrogens is 372 g/mol. The van der Waals surface area contributed by atoms with Crippen LogP contribution in [0.4, 0.5) is 10.8 Å². The summed E-state index contributed by atoms with van der Waals surface area (Å²) in [6.45, 7) is 5.35. The smallest absolute Gasteiger partial charge is 0.257 e. The van der Waals surface area contributed by atoms with Crippen LogP contribution >= 0.6 is 11.3 Å². The average Bonchev–Trinajstić information content (AvgIpc) is 3.44. The Kier molecular flexibility index (Phi) is 5.73. The monoisotopic (exact) mass is 398 g/mol. The third-order valence-electron chi connectivity index (χ3n) is 5.24. The molecule has 2 aromatic rings. The number of nitrogens with zero attached hydrogens (tertiary/aromatic N) is 2. The van der Waals surface area contributed by atoms with Crippen LogP contribution in [0, 0.1) is 11.8 Å². The standard InChI is InChI=1S/C21H26N4O2S/c1-14-4-3-9-25(11-14)12-18-13-28-21(23-18)24-20(27)16-5-2-6-17(10-16)22-19(26)15-7-8-15/h2,5-6,10,13-15H,3-4,7-9,11-12H2,1H3,(H,22,26)(H,23,24,27). The highest BCUT2D eigenvalue weighted by Crippen LogP contribution is 2.30. The lowest BCUT2D eigenvalue weighted by Crippen LogP contribution is -2.33. The van der Waals surface area contributed by atoms with Gasteiger partial charge >= 0.3 is 0 Å². The second kappa shape index (κ2) is 8.41. The number of hydrogen-bond acceptors (Lipinski definition) is 5. The van der Waals surface area contributed by atoms with Crippen molar-refractivity contribution in [2.24, 2.45) is 11.8 Å². The maximum atomic E-state index is 12.6. The molecule has 1 saturated carbocycles. The first-order valence-corrected chi connectivity index (χ1v) is 10.8. The molecule has 6 nitrogen and oxygen atoms in total. The van der Waals surface area contributed by atoms with Gasteiger partial charge in [0.15, 0.2) is 5.13 Å². The van der Waals surface area contributed by atoms with Crippen LogP contribution in [-0.4, -0.2) is 34.8 Å². The summed E-state index contributed by atoms with van der Waals surface area (Å²) in [6.07, 6.45) is 4.45. The molecule has 2 aliphatic rings. The number of likely N-dealkylation sites (tertiary alicyclic amines) is 1. The number of hydrogen-bond donors (Lipinski definition) is 2. The summed E-state index contributed by atoms with van der Waals surface area (Å²) in [4.78, 5) is 31.5. The summed E-state index contributed by atoms with van der Waals surface area (Å²) in [6, 6.07) is 7.03. The van der Waals surface area contributed by atoms with E-state index in [1.807, 2.05) is 5.38 Å². The molecule has 4 rings (SSSR count). The van der Waals surface area contributed by atoms with Crippen molar-refractivity contribution in [2.75, 3.05) is 23.7 Å². The molecule has 0 bridgehead atoms. The molecule has 0 spiro atoms. The molecule has 7 heteroatoms. The first kappa shape index (κ1) is 19.1.